The molecule has 0 saturated heterocycles. The summed E-state index contributed by atoms with van der Waals surface area (Å²) in [5, 5.41) is 23.1. The molecule has 43 heavy (non-hydrogen) atoms. The van der Waals surface area contributed by atoms with Crippen molar-refractivity contribution in [1.82, 2.24) is 0 Å². The summed E-state index contributed by atoms with van der Waals surface area (Å²) in [4.78, 5) is 49.9. The van der Waals surface area contributed by atoms with Crippen molar-refractivity contribution in [2.75, 3.05) is 6.61 Å². The van der Waals surface area contributed by atoms with Gasteiger partial charge in [-0.3, -0.25) is 14.4 Å². The summed E-state index contributed by atoms with van der Waals surface area (Å²) in [6, 6.07) is 8.42. The summed E-state index contributed by atoms with van der Waals surface area (Å²) in [7, 11) is 0. The van der Waals surface area contributed by atoms with Crippen molar-refractivity contribution in [1.29, 1.82) is 0 Å². The van der Waals surface area contributed by atoms with Crippen LogP contribution in [0, 0.1) is 23.2 Å². The fourth-order valence-electron chi connectivity index (χ4n) is 6.22. The summed E-state index contributed by atoms with van der Waals surface area (Å²) in [6.07, 6.45) is 1.49. The van der Waals surface area contributed by atoms with E-state index in [-0.39, 0.29) is 18.4 Å². The summed E-state index contributed by atoms with van der Waals surface area (Å²) >= 11 is 0. The first-order valence-electron chi connectivity index (χ1n) is 14.6. The Morgan fingerprint density at radius 1 is 0.907 bits per heavy atom. The second-order valence-electron chi connectivity index (χ2n) is 12.3. The van der Waals surface area contributed by atoms with Gasteiger partial charge >= 0.3 is 23.9 Å². The third-order valence-electron chi connectivity index (χ3n) is 8.35. The minimum absolute atomic E-state index is 0.0137. The van der Waals surface area contributed by atoms with Gasteiger partial charge in [0.15, 0.2) is 0 Å². The molecule has 0 aliphatic heterocycles. The van der Waals surface area contributed by atoms with Gasteiger partial charge in [-0.05, 0) is 30.0 Å². The van der Waals surface area contributed by atoms with E-state index in [9.17, 15) is 29.4 Å². The van der Waals surface area contributed by atoms with Crippen LogP contribution >= 0.6 is 0 Å². The number of carbonyl (C=O) groups is 4. The van der Waals surface area contributed by atoms with Crippen molar-refractivity contribution in [2.24, 2.45) is 23.2 Å². The molecule has 8 atom stereocenters. The smallest absolute Gasteiger partial charge is 0.338 e. The highest BCUT2D eigenvalue weighted by molar-refractivity contribution is 5.89. The molecule has 0 heterocycles. The molecule has 0 bridgehead atoms. The molecule has 2 aliphatic carbocycles. The van der Waals surface area contributed by atoms with Crippen LogP contribution in [0.15, 0.2) is 54.1 Å². The van der Waals surface area contributed by atoms with Crippen molar-refractivity contribution in [3.05, 3.63) is 59.7 Å². The highest BCUT2D eigenvalue weighted by atomic mass is 16.6. The maximum atomic E-state index is 13.2. The molecule has 0 amide bonds. The van der Waals surface area contributed by atoms with Crippen LogP contribution in [0.25, 0.3) is 0 Å². The monoisotopic (exact) mass is 600 g/mol. The molecule has 236 valence electrons. The van der Waals surface area contributed by atoms with Gasteiger partial charge in [0.2, 0.25) is 0 Å². The number of ether oxygens (including phenoxy) is 4. The summed E-state index contributed by atoms with van der Waals surface area (Å²) in [6.45, 7) is 10.5. The van der Waals surface area contributed by atoms with Gasteiger partial charge in [-0.1, -0.05) is 64.1 Å². The summed E-state index contributed by atoms with van der Waals surface area (Å²) < 4.78 is 23.1. The second-order valence-corrected chi connectivity index (χ2v) is 12.3. The van der Waals surface area contributed by atoms with E-state index in [1.54, 1.807) is 49.4 Å². The van der Waals surface area contributed by atoms with Crippen LogP contribution in [0.3, 0.4) is 0 Å². The van der Waals surface area contributed by atoms with Crippen LogP contribution in [0.1, 0.15) is 71.7 Å². The zero-order chi connectivity index (χ0) is 32.1. The Morgan fingerprint density at radius 2 is 1.51 bits per heavy atom. The third-order valence-corrected chi connectivity index (χ3v) is 8.35. The largest absolute Gasteiger partial charge is 0.461 e. The maximum absolute atomic E-state index is 13.2. The van der Waals surface area contributed by atoms with E-state index in [4.69, 9.17) is 18.9 Å². The summed E-state index contributed by atoms with van der Waals surface area (Å²) in [5.41, 5.74) is -1.99. The molecule has 2 aliphatic rings. The average Bonchev–Trinajstić information content (AvgIpc) is 3.16. The van der Waals surface area contributed by atoms with E-state index in [0.29, 0.717) is 5.56 Å². The van der Waals surface area contributed by atoms with Gasteiger partial charge in [0, 0.05) is 44.4 Å². The van der Waals surface area contributed by atoms with Gasteiger partial charge in [-0.2, -0.15) is 0 Å². The van der Waals surface area contributed by atoms with Crippen molar-refractivity contribution in [3.63, 3.8) is 0 Å². The molecule has 0 radical (unpaired) electrons. The highest BCUT2D eigenvalue weighted by Crippen LogP contribution is 2.49. The second kappa shape index (κ2) is 13.9. The van der Waals surface area contributed by atoms with Crippen molar-refractivity contribution >= 4 is 23.9 Å². The fraction of sp³-hybridized carbons (Fsp3) is 0.576. The fourth-order valence-corrected chi connectivity index (χ4v) is 6.22. The van der Waals surface area contributed by atoms with Crippen LogP contribution < -0.4 is 0 Å². The molecule has 3 rings (SSSR count). The highest BCUT2D eigenvalue weighted by Gasteiger charge is 2.58. The molecule has 0 unspecified atom stereocenters. The predicted octanol–water partition coefficient (Wildman–Crippen LogP) is 3.94. The minimum atomic E-state index is -1.74. The van der Waals surface area contributed by atoms with E-state index in [1.807, 2.05) is 26.8 Å². The number of benzene rings is 1. The Hall–Kier alpha value is -3.50. The molecule has 1 fully saturated rings. The molecular weight excluding hydrogens is 556 g/mol. The number of aliphatic hydroxyl groups excluding tert-OH is 1. The zero-order valence-corrected chi connectivity index (χ0v) is 25.9. The SMILES string of the molecule is CC(=O)O[C@@H]1C[C@@H](OC(C)=O)C(C)(C)/C=C/[C@H](C)[C@H](OC(C)=O)[C@@]2(O)C[C@H](C)[C@H](OC(=O)c3ccccc3)[C@@H]2/C=C/1CO. The molecule has 0 aromatic heterocycles. The number of hydrogen-bond acceptors (Lipinski definition) is 10. The molecule has 2 N–H and O–H groups in total. The number of carbonyl (C=O) groups excluding carboxylic acids is 4. The normalized spacial score (nSPS) is 34.2. The van der Waals surface area contributed by atoms with E-state index >= 15 is 0 Å². The van der Waals surface area contributed by atoms with Crippen molar-refractivity contribution in [3.8, 4) is 0 Å². The Balaban J connectivity index is 2.25. The van der Waals surface area contributed by atoms with Crippen LogP contribution in [-0.4, -0.2) is 70.7 Å². The Morgan fingerprint density at radius 3 is 2.07 bits per heavy atom. The van der Waals surface area contributed by atoms with Crippen LogP contribution in [0.5, 0.6) is 0 Å². The minimum Gasteiger partial charge on any atom is -0.461 e. The van der Waals surface area contributed by atoms with Crippen LogP contribution in [0.4, 0.5) is 0 Å². The number of esters is 4. The van der Waals surface area contributed by atoms with Gasteiger partial charge in [-0.25, -0.2) is 4.79 Å². The third kappa shape index (κ3) is 8.12. The topological polar surface area (TPSA) is 146 Å². The number of fused-ring (bicyclic) bond motifs is 1. The van der Waals surface area contributed by atoms with E-state index in [2.05, 4.69) is 0 Å². The Kier molecular flexibility index (Phi) is 11.0. The molecule has 1 aromatic rings. The average molecular weight is 601 g/mol. The van der Waals surface area contributed by atoms with Gasteiger partial charge < -0.3 is 29.2 Å². The van der Waals surface area contributed by atoms with Gasteiger partial charge in [0.25, 0.3) is 0 Å². The lowest BCUT2D eigenvalue weighted by atomic mass is 9.75. The molecule has 1 saturated carbocycles. The van der Waals surface area contributed by atoms with Gasteiger partial charge in [-0.15, -0.1) is 0 Å². The zero-order valence-electron chi connectivity index (χ0n) is 25.9. The van der Waals surface area contributed by atoms with E-state index < -0.39 is 83.7 Å². The first-order valence-corrected chi connectivity index (χ1v) is 14.6. The van der Waals surface area contributed by atoms with Crippen LogP contribution in [0.2, 0.25) is 0 Å². The molecule has 10 heteroatoms. The van der Waals surface area contributed by atoms with Crippen LogP contribution in [-0.2, 0) is 33.3 Å². The first kappa shape index (κ1) is 34.0. The lowest BCUT2D eigenvalue weighted by Crippen LogP contribution is -2.52. The lowest BCUT2D eigenvalue weighted by molar-refractivity contribution is -0.173. The number of hydrogen-bond donors (Lipinski definition) is 2. The van der Waals surface area contributed by atoms with Crippen molar-refractivity contribution < 1.29 is 48.3 Å². The lowest BCUT2D eigenvalue weighted by Gasteiger charge is -2.41. The molecule has 0 spiro atoms. The predicted molar refractivity (Wildman–Crippen MR) is 156 cm³/mol. The molecular formula is C33H44O10. The molecule has 1 aromatic carbocycles. The first-order chi connectivity index (χ1) is 20.1. The quantitative estimate of drug-likeness (QED) is 0.280. The Bertz CT molecular complexity index is 1240. The van der Waals surface area contributed by atoms with Crippen molar-refractivity contribution in [2.45, 2.75) is 91.3 Å². The van der Waals surface area contributed by atoms with E-state index in [0.717, 1.165) is 0 Å². The number of aliphatic hydroxyl groups is 2. The Labute approximate surface area is 253 Å². The number of rotatable bonds is 6. The summed E-state index contributed by atoms with van der Waals surface area (Å²) in [5.74, 6) is -4.27. The molecule has 10 nitrogen and oxygen atoms in total. The van der Waals surface area contributed by atoms with Gasteiger partial charge in [0.05, 0.1) is 12.2 Å². The standard InChI is InChI=1S/C33H44O10/c1-19-13-14-32(6,7)28(41-22(4)36)16-27(40-21(3)35)25(18-34)15-26-29(43-31(38)24-11-9-8-10-12-24)20(2)17-33(26,39)30(19)42-23(5)37/h8-15,19-20,26-30,34,39H,16-18H2,1-7H3/b14-13+,25-15+/t19-,20-,26-,27+,28+,29-,30-,33+/m0/s1. The van der Waals surface area contributed by atoms with E-state index in [1.165, 1.54) is 20.8 Å². The van der Waals surface area contributed by atoms with Gasteiger partial charge in [0.1, 0.15) is 30.0 Å². The maximum Gasteiger partial charge on any atom is 0.338 e.